The first-order valence-corrected chi connectivity index (χ1v) is 3.46. The van der Waals surface area contributed by atoms with Crippen molar-refractivity contribution in [1.82, 2.24) is 0 Å². The maximum absolute atomic E-state index is 3.01. The van der Waals surface area contributed by atoms with Gasteiger partial charge in [0.15, 0.2) is 0 Å². The van der Waals surface area contributed by atoms with Gasteiger partial charge in [0.2, 0.25) is 0 Å². The minimum atomic E-state index is 1.01. The van der Waals surface area contributed by atoms with Crippen LogP contribution in [-0.4, -0.2) is 17.7 Å². The SMILES string of the molecule is [Li][C]#CCCC=CCC. The number of hydrogen-bond donors (Lipinski definition) is 0. The number of allylic oxidation sites excluding steroid dienone is 2. The Hall–Kier alpha value is -0.103. The van der Waals surface area contributed by atoms with E-state index in [0.717, 1.165) is 19.3 Å². The van der Waals surface area contributed by atoms with Crippen LogP contribution in [0.1, 0.15) is 26.2 Å². The first-order valence-electron chi connectivity index (χ1n) is 3.46. The Labute approximate surface area is 66.9 Å². The monoisotopic (exact) mass is 114 g/mol. The van der Waals surface area contributed by atoms with Gasteiger partial charge < -0.3 is 0 Å². The van der Waals surface area contributed by atoms with Gasteiger partial charge in [0.1, 0.15) is 0 Å². The molecule has 0 rings (SSSR count). The Bertz CT molecular complexity index is 125. The molecule has 0 saturated heterocycles. The molecule has 44 valence electrons. The van der Waals surface area contributed by atoms with E-state index in [2.05, 4.69) is 29.6 Å². The number of unbranched alkanes of at least 4 members (excludes halogenated alkanes) is 1. The summed E-state index contributed by atoms with van der Waals surface area (Å²) < 4.78 is 2.86. The molecule has 0 saturated carbocycles. The van der Waals surface area contributed by atoms with Crippen molar-refractivity contribution in [2.75, 3.05) is 0 Å². The third kappa shape index (κ3) is 7.90. The van der Waals surface area contributed by atoms with Crippen molar-refractivity contribution >= 4 is 17.7 Å². The van der Waals surface area contributed by atoms with Crippen molar-refractivity contribution in [3.63, 3.8) is 0 Å². The van der Waals surface area contributed by atoms with Crippen molar-refractivity contribution in [1.29, 1.82) is 0 Å². The number of hydrogen-bond acceptors (Lipinski definition) is 0. The molecule has 0 unspecified atom stereocenters. The summed E-state index contributed by atoms with van der Waals surface area (Å²) in [6, 6.07) is 0. The van der Waals surface area contributed by atoms with Crippen molar-refractivity contribution in [2.45, 2.75) is 26.2 Å². The molecular formula is C8H11Li. The molecule has 1 heteroatoms. The molecule has 0 aliphatic carbocycles. The van der Waals surface area contributed by atoms with Gasteiger partial charge in [0.05, 0.1) is 0 Å². The standard InChI is InChI=1S/C8H11.Li/c1-3-5-7-8-6-4-2;/h5,7H,3,6,8H2,1H3;. The summed E-state index contributed by atoms with van der Waals surface area (Å²) >= 11 is 1.88. The van der Waals surface area contributed by atoms with Gasteiger partial charge in [0.25, 0.3) is 0 Å². The van der Waals surface area contributed by atoms with Gasteiger partial charge in [-0.25, -0.2) is 0 Å². The zero-order valence-electron chi connectivity index (χ0n) is 6.28. The van der Waals surface area contributed by atoms with E-state index in [9.17, 15) is 0 Å². The topological polar surface area (TPSA) is 0 Å². The van der Waals surface area contributed by atoms with Crippen LogP contribution in [0.4, 0.5) is 0 Å². The molecule has 0 aliphatic rings. The van der Waals surface area contributed by atoms with Gasteiger partial charge in [0, 0.05) is 0 Å². The second-order valence-electron chi connectivity index (χ2n) is 1.85. The van der Waals surface area contributed by atoms with E-state index in [1.807, 2.05) is 17.7 Å². The Kier molecular flexibility index (Phi) is 7.81. The molecule has 9 heavy (non-hydrogen) atoms. The molecule has 0 radical (unpaired) electrons. The summed E-state index contributed by atoms with van der Waals surface area (Å²) in [6.45, 7) is 2.14. The van der Waals surface area contributed by atoms with Crippen LogP contribution in [-0.2, 0) is 0 Å². The zero-order valence-corrected chi connectivity index (χ0v) is 6.28. The summed E-state index contributed by atoms with van der Waals surface area (Å²) in [7, 11) is 0. The zero-order chi connectivity index (χ0) is 6.95. The third-order valence-electron chi connectivity index (χ3n) is 1.02. The predicted octanol–water partition coefficient (Wildman–Crippen LogP) is 1.86. The fourth-order valence-electron chi connectivity index (χ4n) is 0.565. The molecule has 0 bridgehead atoms. The Morgan fingerprint density at radius 3 is 2.78 bits per heavy atom. The van der Waals surface area contributed by atoms with Crippen molar-refractivity contribution < 1.29 is 0 Å². The average Bonchev–Trinajstić information content (AvgIpc) is 1.89. The van der Waals surface area contributed by atoms with E-state index in [-0.39, 0.29) is 0 Å². The first kappa shape index (κ1) is 8.90. The van der Waals surface area contributed by atoms with Crippen LogP contribution in [0, 0.1) is 10.5 Å². The Morgan fingerprint density at radius 1 is 1.44 bits per heavy atom. The van der Waals surface area contributed by atoms with E-state index < -0.39 is 0 Å². The van der Waals surface area contributed by atoms with E-state index in [0.29, 0.717) is 0 Å². The Morgan fingerprint density at radius 2 is 2.22 bits per heavy atom. The van der Waals surface area contributed by atoms with Crippen LogP contribution in [0.2, 0.25) is 0 Å². The summed E-state index contributed by atoms with van der Waals surface area (Å²) in [6.07, 6.45) is 7.61. The van der Waals surface area contributed by atoms with Crippen LogP contribution >= 0.6 is 0 Å². The quantitative estimate of drug-likeness (QED) is 0.227. The predicted molar refractivity (Wildman–Crippen MR) is 42.2 cm³/mol. The molecule has 0 aromatic rings. The van der Waals surface area contributed by atoms with Crippen LogP contribution < -0.4 is 0 Å². The molecular weight excluding hydrogens is 103 g/mol. The van der Waals surface area contributed by atoms with Gasteiger partial charge in [-0.05, 0) is 0 Å². The molecule has 0 atom stereocenters. The van der Waals surface area contributed by atoms with Gasteiger partial charge >= 0.3 is 66.6 Å². The summed E-state index contributed by atoms with van der Waals surface area (Å²) in [4.78, 5) is 0. The third-order valence-corrected chi connectivity index (χ3v) is 1.02. The molecule has 0 fully saturated rings. The second kappa shape index (κ2) is 7.90. The summed E-state index contributed by atoms with van der Waals surface area (Å²) in [5.74, 6) is 3.01. The van der Waals surface area contributed by atoms with E-state index >= 15 is 0 Å². The minimum absolute atomic E-state index is 1.01. The van der Waals surface area contributed by atoms with Gasteiger partial charge in [-0.2, -0.15) is 0 Å². The molecule has 0 nitrogen and oxygen atoms in total. The normalized spacial score (nSPS) is 9.22. The summed E-state index contributed by atoms with van der Waals surface area (Å²) in [5, 5.41) is 0. The molecule has 0 spiro atoms. The second-order valence-corrected chi connectivity index (χ2v) is 1.85. The maximum atomic E-state index is 3.01. The molecule has 0 N–H and O–H groups in total. The molecule has 0 heterocycles. The van der Waals surface area contributed by atoms with Gasteiger partial charge in [-0.15, -0.1) is 0 Å². The fraction of sp³-hybridized carbons (Fsp3) is 0.500. The van der Waals surface area contributed by atoms with Crippen molar-refractivity contribution in [3.8, 4) is 10.5 Å². The Balaban J connectivity index is 3.06. The first-order chi connectivity index (χ1) is 4.41. The van der Waals surface area contributed by atoms with Gasteiger partial charge in [-0.3, -0.25) is 0 Å². The van der Waals surface area contributed by atoms with E-state index in [1.54, 1.807) is 0 Å². The molecule has 0 amide bonds. The van der Waals surface area contributed by atoms with Crippen LogP contribution in [0.3, 0.4) is 0 Å². The molecule has 0 aliphatic heterocycles. The van der Waals surface area contributed by atoms with Crippen LogP contribution in [0.25, 0.3) is 0 Å². The number of rotatable bonds is 3. The molecule has 0 aromatic heterocycles. The van der Waals surface area contributed by atoms with Crippen LogP contribution in [0.5, 0.6) is 0 Å². The van der Waals surface area contributed by atoms with Crippen molar-refractivity contribution in [2.24, 2.45) is 0 Å². The van der Waals surface area contributed by atoms with Gasteiger partial charge in [-0.1, -0.05) is 0 Å². The average molecular weight is 114 g/mol. The van der Waals surface area contributed by atoms with Crippen molar-refractivity contribution in [3.05, 3.63) is 12.2 Å². The van der Waals surface area contributed by atoms with Crippen LogP contribution in [0.15, 0.2) is 12.2 Å². The van der Waals surface area contributed by atoms with E-state index in [4.69, 9.17) is 0 Å². The molecule has 0 aromatic carbocycles. The van der Waals surface area contributed by atoms with E-state index in [1.165, 1.54) is 0 Å². The summed E-state index contributed by atoms with van der Waals surface area (Å²) in [5.41, 5.74) is 0. The fourth-order valence-corrected chi connectivity index (χ4v) is 0.565.